The number of hydrogen-bond acceptors (Lipinski definition) is 3. The Bertz CT molecular complexity index is 540. The first-order chi connectivity index (χ1) is 9.24. The zero-order valence-corrected chi connectivity index (χ0v) is 11.0. The summed E-state index contributed by atoms with van der Waals surface area (Å²) in [5, 5.41) is 9.94. The fourth-order valence-electron chi connectivity index (χ4n) is 2.15. The van der Waals surface area contributed by atoms with E-state index in [1.807, 2.05) is 48.5 Å². The highest BCUT2D eigenvalue weighted by atomic mass is 16.5. The van der Waals surface area contributed by atoms with Crippen molar-refractivity contribution < 1.29 is 9.84 Å². The first-order valence-corrected chi connectivity index (χ1v) is 6.33. The van der Waals surface area contributed by atoms with Crippen LogP contribution in [0, 0.1) is 0 Å². The number of ether oxygens (including phenoxy) is 1. The van der Waals surface area contributed by atoms with Gasteiger partial charge in [-0.3, -0.25) is 0 Å². The number of aliphatic hydroxyl groups excluding tert-OH is 1. The Hall–Kier alpha value is -1.84. The van der Waals surface area contributed by atoms with Crippen LogP contribution in [0.1, 0.15) is 22.8 Å². The predicted molar refractivity (Wildman–Crippen MR) is 76.3 cm³/mol. The second-order valence-corrected chi connectivity index (χ2v) is 4.48. The van der Waals surface area contributed by atoms with Gasteiger partial charge in [-0.1, -0.05) is 36.4 Å². The van der Waals surface area contributed by atoms with Crippen molar-refractivity contribution >= 4 is 0 Å². The van der Waals surface area contributed by atoms with Crippen molar-refractivity contribution in [2.75, 3.05) is 13.7 Å². The Kier molecular flexibility index (Phi) is 4.55. The maximum absolute atomic E-state index is 9.94. The molecule has 1 atom stereocenters. The minimum Gasteiger partial charge on any atom is -0.497 e. The topological polar surface area (TPSA) is 55.5 Å². The SMILES string of the molecule is COc1cccc(Cc2ccccc2C(O)CN)c1. The molecule has 2 rings (SSSR count). The van der Waals surface area contributed by atoms with E-state index in [2.05, 4.69) is 0 Å². The number of methoxy groups -OCH3 is 1. The Labute approximate surface area is 113 Å². The van der Waals surface area contributed by atoms with E-state index in [1.54, 1.807) is 7.11 Å². The first kappa shape index (κ1) is 13.6. The van der Waals surface area contributed by atoms with Gasteiger partial charge in [0.25, 0.3) is 0 Å². The maximum Gasteiger partial charge on any atom is 0.119 e. The van der Waals surface area contributed by atoms with Gasteiger partial charge in [-0.25, -0.2) is 0 Å². The highest BCUT2D eigenvalue weighted by molar-refractivity contribution is 5.37. The summed E-state index contributed by atoms with van der Waals surface area (Å²) in [7, 11) is 1.66. The van der Waals surface area contributed by atoms with Crippen LogP contribution in [0.4, 0.5) is 0 Å². The largest absolute Gasteiger partial charge is 0.497 e. The van der Waals surface area contributed by atoms with Gasteiger partial charge in [-0.05, 0) is 35.2 Å². The van der Waals surface area contributed by atoms with Crippen LogP contribution in [-0.4, -0.2) is 18.8 Å². The van der Waals surface area contributed by atoms with Crippen LogP contribution in [0.3, 0.4) is 0 Å². The van der Waals surface area contributed by atoms with Crippen molar-refractivity contribution in [3.63, 3.8) is 0 Å². The molecule has 0 amide bonds. The third kappa shape index (κ3) is 3.34. The van der Waals surface area contributed by atoms with Gasteiger partial charge in [0, 0.05) is 6.54 Å². The average Bonchev–Trinajstić information content (AvgIpc) is 2.47. The normalized spacial score (nSPS) is 12.2. The lowest BCUT2D eigenvalue weighted by atomic mass is 9.96. The molecule has 0 aliphatic carbocycles. The molecule has 0 aliphatic heterocycles. The van der Waals surface area contributed by atoms with E-state index in [9.17, 15) is 5.11 Å². The summed E-state index contributed by atoms with van der Waals surface area (Å²) in [5.41, 5.74) is 8.68. The molecule has 0 saturated carbocycles. The van der Waals surface area contributed by atoms with Gasteiger partial charge in [-0.15, -0.1) is 0 Å². The molecule has 0 fully saturated rings. The fraction of sp³-hybridized carbons (Fsp3) is 0.250. The summed E-state index contributed by atoms with van der Waals surface area (Å²) in [6, 6.07) is 15.8. The monoisotopic (exact) mass is 257 g/mol. The van der Waals surface area contributed by atoms with Gasteiger partial charge in [0.1, 0.15) is 5.75 Å². The molecule has 0 spiro atoms. The lowest BCUT2D eigenvalue weighted by Crippen LogP contribution is -2.13. The zero-order valence-electron chi connectivity index (χ0n) is 11.0. The molecule has 3 N–H and O–H groups in total. The second kappa shape index (κ2) is 6.36. The number of benzene rings is 2. The zero-order chi connectivity index (χ0) is 13.7. The fourth-order valence-corrected chi connectivity index (χ4v) is 2.15. The molecule has 100 valence electrons. The average molecular weight is 257 g/mol. The Morgan fingerprint density at radius 1 is 1.16 bits per heavy atom. The molecule has 3 heteroatoms. The molecule has 0 heterocycles. The maximum atomic E-state index is 9.94. The van der Waals surface area contributed by atoms with Crippen LogP contribution >= 0.6 is 0 Å². The molecular formula is C16H19NO2. The Morgan fingerprint density at radius 3 is 2.68 bits per heavy atom. The minimum absolute atomic E-state index is 0.231. The molecule has 0 saturated heterocycles. The van der Waals surface area contributed by atoms with Crippen molar-refractivity contribution in [3.8, 4) is 5.75 Å². The van der Waals surface area contributed by atoms with Crippen molar-refractivity contribution in [3.05, 3.63) is 65.2 Å². The quantitative estimate of drug-likeness (QED) is 0.864. The van der Waals surface area contributed by atoms with Gasteiger partial charge in [-0.2, -0.15) is 0 Å². The molecule has 19 heavy (non-hydrogen) atoms. The molecule has 1 unspecified atom stereocenters. The van der Waals surface area contributed by atoms with E-state index in [1.165, 1.54) is 0 Å². The van der Waals surface area contributed by atoms with Crippen molar-refractivity contribution in [1.29, 1.82) is 0 Å². The van der Waals surface area contributed by atoms with Crippen LogP contribution in [0.25, 0.3) is 0 Å². The molecule has 2 aromatic rings. The van der Waals surface area contributed by atoms with E-state index in [0.717, 1.165) is 28.9 Å². The van der Waals surface area contributed by atoms with Gasteiger partial charge < -0.3 is 15.6 Å². The summed E-state index contributed by atoms with van der Waals surface area (Å²) in [5.74, 6) is 0.842. The highest BCUT2D eigenvalue weighted by Gasteiger charge is 2.10. The third-order valence-corrected chi connectivity index (χ3v) is 3.17. The molecular weight excluding hydrogens is 238 g/mol. The Morgan fingerprint density at radius 2 is 1.95 bits per heavy atom. The van der Waals surface area contributed by atoms with Crippen molar-refractivity contribution in [2.24, 2.45) is 5.73 Å². The van der Waals surface area contributed by atoms with Gasteiger partial charge in [0.15, 0.2) is 0 Å². The van der Waals surface area contributed by atoms with Crippen LogP contribution in [-0.2, 0) is 6.42 Å². The third-order valence-electron chi connectivity index (χ3n) is 3.17. The van der Waals surface area contributed by atoms with E-state index < -0.39 is 6.10 Å². The van der Waals surface area contributed by atoms with Gasteiger partial charge in [0.05, 0.1) is 13.2 Å². The van der Waals surface area contributed by atoms with Crippen LogP contribution in [0.5, 0.6) is 5.75 Å². The van der Waals surface area contributed by atoms with E-state index in [-0.39, 0.29) is 6.54 Å². The van der Waals surface area contributed by atoms with Gasteiger partial charge >= 0.3 is 0 Å². The predicted octanol–water partition coefficient (Wildman–Crippen LogP) is 2.28. The van der Waals surface area contributed by atoms with E-state index in [4.69, 9.17) is 10.5 Å². The molecule has 0 radical (unpaired) electrons. The minimum atomic E-state index is -0.609. The summed E-state index contributed by atoms with van der Waals surface area (Å²) in [6.45, 7) is 0.231. The van der Waals surface area contributed by atoms with E-state index in [0.29, 0.717) is 0 Å². The number of hydrogen-bond donors (Lipinski definition) is 2. The van der Waals surface area contributed by atoms with Crippen LogP contribution < -0.4 is 10.5 Å². The number of aliphatic hydroxyl groups is 1. The molecule has 2 aromatic carbocycles. The lowest BCUT2D eigenvalue weighted by molar-refractivity contribution is 0.186. The van der Waals surface area contributed by atoms with Gasteiger partial charge in [0.2, 0.25) is 0 Å². The van der Waals surface area contributed by atoms with Crippen LogP contribution in [0.2, 0.25) is 0 Å². The summed E-state index contributed by atoms with van der Waals surface area (Å²) >= 11 is 0. The second-order valence-electron chi connectivity index (χ2n) is 4.48. The lowest BCUT2D eigenvalue weighted by Gasteiger charge is -2.14. The smallest absolute Gasteiger partial charge is 0.119 e. The summed E-state index contributed by atoms with van der Waals surface area (Å²) < 4.78 is 5.22. The number of rotatable bonds is 5. The van der Waals surface area contributed by atoms with E-state index >= 15 is 0 Å². The Balaban J connectivity index is 2.27. The highest BCUT2D eigenvalue weighted by Crippen LogP contribution is 2.22. The molecule has 0 bridgehead atoms. The molecule has 3 nitrogen and oxygen atoms in total. The summed E-state index contributed by atoms with van der Waals surface area (Å²) in [6.07, 6.45) is 0.145. The van der Waals surface area contributed by atoms with Crippen molar-refractivity contribution in [1.82, 2.24) is 0 Å². The molecule has 0 aliphatic rings. The standard InChI is InChI=1S/C16H19NO2/c1-19-14-7-4-5-12(10-14)9-13-6-2-3-8-15(13)16(18)11-17/h2-8,10,16,18H,9,11,17H2,1H3. The summed E-state index contributed by atoms with van der Waals surface area (Å²) in [4.78, 5) is 0. The van der Waals surface area contributed by atoms with Crippen molar-refractivity contribution in [2.45, 2.75) is 12.5 Å². The number of nitrogens with two attached hydrogens (primary N) is 1. The van der Waals surface area contributed by atoms with Crippen LogP contribution in [0.15, 0.2) is 48.5 Å². The first-order valence-electron chi connectivity index (χ1n) is 6.33. The molecule has 0 aromatic heterocycles.